The van der Waals surface area contributed by atoms with Gasteiger partial charge in [0.25, 0.3) is 0 Å². The largest absolute Gasteiger partial charge is 0.326 e. The lowest BCUT2D eigenvalue weighted by Crippen LogP contribution is -2.12. The van der Waals surface area contributed by atoms with Crippen LogP contribution in [0, 0.1) is 5.82 Å². The van der Waals surface area contributed by atoms with E-state index >= 15 is 0 Å². The molecule has 0 amide bonds. The smallest absolute Gasteiger partial charge is 0.132 e. The van der Waals surface area contributed by atoms with Gasteiger partial charge in [0.15, 0.2) is 0 Å². The lowest BCUT2D eigenvalue weighted by atomic mass is 9.95. The molecule has 0 bridgehead atoms. The van der Waals surface area contributed by atoms with Crippen molar-refractivity contribution in [2.45, 2.75) is 6.04 Å². The topological polar surface area (TPSA) is 35.6 Å². The highest BCUT2D eigenvalue weighted by molar-refractivity contribution is 5.68. The Hall–Kier alpha value is -3.99. The van der Waals surface area contributed by atoms with Crippen LogP contribution in [0.4, 0.5) is 4.39 Å². The fourth-order valence-corrected chi connectivity index (χ4v) is 3.82. The van der Waals surface area contributed by atoms with Crippen LogP contribution in [-0.4, -0.2) is 19.3 Å². The quantitative estimate of drug-likeness (QED) is 0.394. The van der Waals surface area contributed by atoms with Crippen LogP contribution in [0.2, 0.25) is 0 Å². The zero-order valence-electron chi connectivity index (χ0n) is 16.1. The molecule has 30 heavy (non-hydrogen) atoms. The van der Waals surface area contributed by atoms with E-state index in [1.165, 1.54) is 6.07 Å². The molecule has 2 heterocycles. The maximum absolute atomic E-state index is 15.0. The third kappa shape index (κ3) is 3.20. The molecule has 0 saturated heterocycles. The van der Waals surface area contributed by atoms with Gasteiger partial charge in [-0.1, -0.05) is 60.7 Å². The Kier molecular flexibility index (Phi) is 4.69. The first-order chi connectivity index (χ1) is 14.8. The number of rotatable bonds is 5. The number of nitrogens with zero attached hydrogens (tertiary/aromatic N) is 4. The summed E-state index contributed by atoms with van der Waals surface area (Å²) in [7, 11) is 0. The molecule has 3 aromatic carbocycles. The normalized spacial score (nSPS) is 12.0. The molecule has 0 aliphatic carbocycles. The van der Waals surface area contributed by atoms with E-state index in [4.69, 9.17) is 0 Å². The summed E-state index contributed by atoms with van der Waals surface area (Å²) >= 11 is 0. The third-order valence-electron chi connectivity index (χ3n) is 5.16. The second-order valence-electron chi connectivity index (χ2n) is 7.00. The van der Waals surface area contributed by atoms with Gasteiger partial charge in [0.05, 0.1) is 29.9 Å². The molecular weight excluding hydrogens is 375 g/mol. The van der Waals surface area contributed by atoms with Gasteiger partial charge in [-0.05, 0) is 29.8 Å². The number of imidazole rings is 1. The maximum Gasteiger partial charge on any atom is 0.132 e. The minimum absolute atomic E-state index is 0.194. The van der Waals surface area contributed by atoms with Crippen molar-refractivity contribution in [3.8, 4) is 16.9 Å². The maximum atomic E-state index is 15.0. The molecule has 0 aliphatic heterocycles. The third-order valence-corrected chi connectivity index (χ3v) is 5.16. The van der Waals surface area contributed by atoms with Crippen molar-refractivity contribution < 1.29 is 4.39 Å². The lowest BCUT2D eigenvalue weighted by molar-refractivity contribution is 0.628. The van der Waals surface area contributed by atoms with Gasteiger partial charge in [-0.15, -0.1) is 0 Å². The first kappa shape index (κ1) is 18.1. The van der Waals surface area contributed by atoms with E-state index in [1.807, 2.05) is 71.6 Å². The van der Waals surface area contributed by atoms with E-state index < -0.39 is 0 Å². The van der Waals surface area contributed by atoms with Crippen molar-refractivity contribution in [1.82, 2.24) is 19.3 Å². The standard InChI is InChI=1S/C25H19FN4/c26-23-14-8-7-13-21(23)25-22(17-28-30(25)20-11-5-2-6-12-20)24(29-16-15-27-18-29)19-9-3-1-4-10-19/h1-18,24H. The molecule has 1 unspecified atom stereocenters. The van der Waals surface area contributed by atoms with Crippen LogP contribution in [0.1, 0.15) is 17.2 Å². The molecule has 0 radical (unpaired) electrons. The Bertz CT molecular complexity index is 1250. The highest BCUT2D eigenvalue weighted by atomic mass is 19.1. The van der Waals surface area contributed by atoms with Gasteiger partial charge in [-0.25, -0.2) is 14.1 Å². The number of hydrogen-bond donors (Lipinski definition) is 0. The van der Waals surface area contributed by atoms with Gasteiger partial charge in [-0.3, -0.25) is 0 Å². The number of aromatic nitrogens is 4. The van der Waals surface area contributed by atoms with Crippen molar-refractivity contribution in [1.29, 1.82) is 0 Å². The second kappa shape index (κ2) is 7.79. The van der Waals surface area contributed by atoms with Crippen LogP contribution in [0.25, 0.3) is 16.9 Å². The van der Waals surface area contributed by atoms with Crippen molar-refractivity contribution in [3.63, 3.8) is 0 Å². The average molecular weight is 394 g/mol. The summed E-state index contributed by atoms with van der Waals surface area (Å²) in [5, 5.41) is 4.68. The van der Waals surface area contributed by atoms with Gasteiger partial charge in [0, 0.05) is 23.5 Å². The molecule has 0 spiro atoms. The molecule has 2 aromatic heterocycles. The van der Waals surface area contributed by atoms with E-state index in [0.29, 0.717) is 5.56 Å². The second-order valence-corrected chi connectivity index (χ2v) is 7.00. The summed E-state index contributed by atoms with van der Waals surface area (Å²) < 4.78 is 18.8. The molecule has 5 rings (SSSR count). The van der Waals surface area contributed by atoms with Crippen molar-refractivity contribution in [2.75, 3.05) is 0 Å². The fraction of sp³-hybridized carbons (Fsp3) is 0.0400. The van der Waals surface area contributed by atoms with Gasteiger partial charge in [0.2, 0.25) is 0 Å². The van der Waals surface area contributed by atoms with Crippen LogP contribution in [0.3, 0.4) is 0 Å². The molecule has 146 valence electrons. The molecule has 0 N–H and O–H groups in total. The molecule has 0 saturated carbocycles. The monoisotopic (exact) mass is 394 g/mol. The fourth-order valence-electron chi connectivity index (χ4n) is 3.82. The number of para-hydroxylation sites is 1. The van der Waals surface area contributed by atoms with Gasteiger partial charge >= 0.3 is 0 Å². The van der Waals surface area contributed by atoms with Crippen LogP contribution in [-0.2, 0) is 0 Å². The van der Waals surface area contributed by atoms with Gasteiger partial charge in [-0.2, -0.15) is 5.10 Å². The Labute approximate surface area is 173 Å². The summed E-state index contributed by atoms with van der Waals surface area (Å²) in [4.78, 5) is 4.24. The van der Waals surface area contributed by atoms with Crippen LogP contribution in [0.5, 0.6) is 0 Å². The molecular formula is C25H19FN4. The molecule has 5 aromatic rings. The summed E-state index contributed by atoms with van der Waals surface area (Å²) in [6.07, 6.45) is 7.28. The van der Waals surface area contributed by atoms with E-state index in [9.17, 15) is 4.39 Å². The Morgan fingerprint density at radius 1 is 0.800 bits per heavy atom. The van der Waals surface area contributed by atoms with E-state index in [-0.39, 0.29) is 11.9 Å². The minimum atomic E-state index is -0.283. The predicted octanol–water partition coefficient (Wildman–Crippen LogP) is 5.51. The Morgan fingerprint density at radius 3 is 2.20 bits per heavy atom. The zero-order chi connectivity index (χ0) is 20.3. The number of benzene rings is 3. The molecule has 4 nitrogen and oxygen atoms in total. The zero-order valence-corrected chi connectivity index (χ0v) is 16.1. The van der Waals surface area contributed by atoms with Crippen molar-refractivity contribution in [2.24, 2.45) is 0 Å². The van der Waals surface area contributed by atoms with Crippen LogP contribution < -0.4 is 0 Å². The minimum Gasteiger partial charge on any atom is -0.326 e. The summed E-state index contributed by atoms with van der Waals surface area (Å²) in [6, 6.07) is 26.5. The number of hydrogen-bond acceptors (Lipinski definition) is 2. The van der Waals surface area contributed by atoms with E-state index in [0.717, 1.165) is 22.5 Å². The predicted molar refractivity (Wildman–Crippen MR) is 115 cm³/mol. The molecule has 0 aliphatic rings. The summed E-state index contributed by atoms with van der Waals surface area (Å²) in [6.45, 7) is 0. The summed E-state index contributed by atoms with van der Waals surface area (Å²) in [5.74, 6) is -0.283. The summed E-state index contributed by atoms with van der Waals surface area (Å²) in [5.41, 5.74) is 4.07. The Balaban J connectivity index is 1.80. The molecule has 0 fully saturated rings. The first-order valence-corrected chi connectivity index (χ1v) is 9.73. The van der Waals surface area contributed by atoms with Crippen LogP contribution >= 0.6 is 0 Å². The highest BCUT2D eigenvalue weighted by Gasteiger charge is 2.26. The van der Waals surface area contributed by atoms with E-state index in [2.05, 4.69) is 22.2 Å². The highest BCUT2D eigenvalue weighted by Crippen LogP contribution is 2.36. The first-order valence-electron chi connectivity index (χ1n) is 9.73. The van der Waals surface area contributed by atoms with E-state index in [1.54, 1.807) is 29.3 Å². The number of halogens is 1. The SMILES string of the molecule is Fc1ccccc1-c1c(C(c2ccccc2)n2ccnc2)cnn1-c1ccccc1. The van der Waals surface area contributed by atoms with Crippen molar-refractivity contribution >= 4 is 0 Å². The lowest BCUT2D eigenvalue weighted by Gasteiger charge is -2.21. The van der Waals surface area contributed by atoms with Crippen molar-refractivity contribution in [3.05, 3.63) is 127 Å². The van der Waals surface area contributed by atoms with Crippen LogP contribution in [0.15, 0.2) is 110 Å². The molecule has 1 atom stereocenters. The molecule has 5 heteroatoms. The van der Waals surface area contributed by atoms with Gasteiger partial charge < -0.3 is 4.57 Å². The average Bonchev–Trinajstić information content (AvgIpc) is 3.47. The van der Waals surface area contributed by atoms with Gasteiger partial charge in [0.1, 0.15) is 5.82 Å². The Morgan fingerprint density at radius 2 is 1.50 bits per heavy atom.